The lowest BCUT2D eigenvalue weighted by Crippen LogP contribution is -2.00. The van der Waals surface area contributed by atoms with E-state index in [1.54, 1.807) is 18.2 Å². The van der Waals surface area contributed by atoms with Crippen molar-refractivity contribution in [2.24, 2.45) is 0 Å². The maximum atomic E-state index is 13.8. The molecule has 0 aliphatic rings. The third kappa shape index (κ3) is 3.64. The molecule has 0 aliphatic carbocycles. The van der Waals surface area contributed by atoms with Gasteiger partial charge in [-0.3, -0.25) is 0 Å². The van der Waals surface area contributed by atoms with E-state index in [9.17, 15) is 8.78 Å². The summed E-state index contributed by atoms with van der Waals surface area (Å²) in [5.41, 5.74) is 1.06. The lowest BCUT2D eigenvalue weighted by Gasteiger charge is -2.12. The highest BCUT2D eigenvalue weighted by Gasteiger charge is 2.17. The van der Waals surface area contributed by atoms with Gasteiger partial charge in [-0.2, -0.15) is 0 Å². The average molecular weight is 400 g/mol. The van der Waals surface area contributed by atoms with Crippen molar-refractivity contribution < 1.29 is 8.78 Å². The van der Waals surface area contributed by atoms with Crippen LogP contribution in [0.25, 0.3) is 0 Å². The van der Waals surface area contributed by atoms with Gasteiger partial charge in [0.1, 0.15) is 11.6 Å². The van der Waals surface area contributed by atoms with Crippen LogP contribution in [0.2, 0.25) is 15.1 Å². The number of hydrogen-bond donors (Lipinski definition) is 0. The predicted molar refractivity (Wildman–Crippen MR) is 83.2 cm³/mol. The van der Waals surface area contributed by atoms with Gasteiger partial charge in [0.05, 0.1) is 15.1 Å². The van der Waals surface area contributed by atoms with Crippen LogP contribution in [0.3, 0.4) is 0 Å². The molecule has 20 heavy (non-hydrogen) atoms. The molecule has 0 N–H and O–H groups in total. The first-order chi connectivity index (χ1) is 9.38. The fourth-order valence-electron chi connectivity index (χ4n) is 1.76. The Kier molecular flexibility index (Phi) is 5.30. The van der Waals surface area contributed by atoms with E-state index >= 15 is 0 Å². The van der Waals surface area contributed by atoms with Crippen molar-refractivity contribution in [3.8, 4) is 0 Å². The minimum Gasteiger partial charge on any atom is -0.207 e. The maximum absolute atomic E-state index is 13.8. The summed E-state index contributed by atoms with van der Waals surface area (Å²) in [5.74, 6) is -1.21. The Morgan fingerprint density at radius 2 is 1.60 bits per heavy atom. The van der Waals surface area contributed by atoms with E-state index in [1.165, 1.54) is 0 Å². The topological polar surface area (TPSA) is 0 Å². The molecule has 0 spiro atoms. The van der Waals surface area contributed by atoms with Crippen LogP contribution in [0.1, 0.15) is 16.0 Å². The van der Waals surface area contributed by atoms with Crippen molar-refractivity contribution in [1.82, 2.24) is 0 Å². The molecule has 2 aromatic carbocycles. The largest absolute Gasteiger partial charge is 0.207 e. The van der Waals surface area contributed by atoms with Crippen LogP contribution in [0.5, 0.6) is 0 Å². The molecule has 106 valence electrons. The average Bonchev–Trinajstić information content (AvgIpc) is 2.38. The molecule has 0 bridgehead atoms. The molecule has 0 nitrogen and oxygen atoms in total. The maximum Gasteiger partial charge on any atom is 0.142 e. The van der Waals surface area contributed by atoms with Crippen LogP contribution < -0.4 is 0 Å². The SMILES string of the molecule is Fc1cc(C(Br)Cc2ccc(Cl)c(Cl)c2)c(F)cc1Cl. The number of benzene rings is 2. The van der Waals surface area contributed by atoms with Crippen LogP contribution in [-0.4, -0.2) is 0 Å². The van der Waals surface area contributed by atoms with Gasteiger partial charge in [0.2, 0.25) is 0 Å². The number of halogens is 6. The van der Waals surface area contributed by atoms with Crippen LogP contribution in [0, 0.1) is 11.6 Å². The van der Waals surface area contributed by atoms with Gasteiger partial charge in [-0.25, -0.2) is 8.78 Å². The Labute approximate surface area is 138 Å². The Bertz CT molecular complexity index is 647. The third-order valence-electron chi connectivity index (χ3n) is 2.78. The fourth-order valence-corrected chi connectivity index (χ4v) is 2.96. The van der Waals surface area contributed by atoms with Gasteiger partial charge in [-0.15, -0.1) is 0 Å². The molecule has 2 rings (SSSR count). The number of rotatable bonds is 3. The first kappa shape index (κ1) is 16.0. The van der Waals surface area contributed by atoms with Gasteiger partial charge in [0.25, 0.3) is 0 Å². The summed E-state index contributed by atoms with van der Waals surface area (Å²) in [6, 6.07) is 7.21. The molecule has 0 aliphatic heterocycles. The zero-order valence-electron chi connectivity index (χ0n) is 9.94. The quantitative estimate of drug-likeness (QED) is 0.402. The molecule has 6 heteroatoms. The normalized spacial score (nSPS) is 12.5. The zero-order chi connectivity index (χ0) is 14.9. The van der Waals surface area contributed by atoms with Gasteiger partial charge in [-0.05, 0) is 36.2 Å². The van der Waals surface area contributed by atoms with Crippen molar-refractivity contribution in [1.29, 1.82) is 0 Å². The molecule has 0 saturated heterocycles. The van der Waals surface area contributed by atoms with E-state index in [0.29, 0.717) is 16.5 Å². The molecular formula is C14H8BrCl3F2. The second-order valence-corrected chi connectivity index (χ2v) is 6.53. The Morgan fingerprint density at radius 3 is 2.25 bits per heavy atom. The molecule has 1 unspecified atom stereocenters. The second-order valence-electron chi connectivity index (χ2n) is 4.21. The molecule has 2 aromatic rings. The van der Waals surface area contributed by atoms with E-state index in [2.05, 4.69) is 15.9 Å². The Morgan fingerprint density at radius 1 is 0.900 bits per heavy atom. The summed E-state index contributed by atoms with van der Waals surface area (Å²) in [4.78, 5) is -0.397. The van der Waals surface area contributed by atoms with Gasteiger partial charge in [0, 0.05) is 10.4 Å². The highest BCUT2D eigenvalue weighted by molar-refractivity contribution is 9.09. The summed E-state index contributed by atoms with van der Waals surface area (Å²) in [7, 11) is 0. The number of hydrogen-bond acceptors (Lipinski definition) is 0. The Balaban J connectivity index is 2.25. The van der Waals surface area contributed by atoms with Crippen molar-refractivity contribution in [2.45, 2.75) is 11.2 Å². The molecule has 0 amide bonds. The van der Waals surface area contributed by atoms with Crippen LogP contribution in [0.4, 0.5) is 8.78 Å². The predicted octanol–water partition coefficient (Wildman–Crippen LogP) is 6.60. The fraction of sp³-hybridized carbons (Fsp3) is 0.143. The first-order valence-corrected chi connectivity index (χ1v) is 7.66. The van der Waals surface area contributed by atoms with Gasteiger partial charge < -0.3 is 0 Å². The highest BCUT2D eigenvalue weighted by atomic mass is 79.9. The van der Waals surface area contributed by atoms with E-state index < -0.39 is 16.5 Å². The molecule has 1 atom stereocenters. The summed E-state index contributed by atoms with van der Waals surface area (Å²) in [6.45, 7) is 0. The van der Waals surface area contributed by atoms with E-state index in [1.807, 2.05) is 0 Å². The minimum absolute atomic E-state index is 0.206. The Hall–Kier alpha value is -0.350. The van der Waals surface area contributed by atoms with Crippen molar-refractivity contribution >= 4 is 50.7 Å². The smallest absolute Gasteiger partial charge is 0.142 e. The van der Waals surface area contributed by atoms with Crippen LogP contribution in [-0.2, 0) is 6.42 Å². The first-order valence-electron chi connectivity index (χ1n) is 5.61. The van der Waals surface area contributed by atoms with Crippen LogP contribution in [0.15, 0.2) is 30.3 Å². The van der Waals surface area contributed by atoms with Gasteiger partial charge >= 0.3 is 0 Å². The van der Waals surface area contributed by atoms with E-state index in [-0.39, 0.29) is 10.6 Å². The molecule has 0 aromatic heterocycles. The zero-order valence-corrected chi connectivity index (χ0v) is 13.8. The molecule has 0 heterocycles. The summed E-state index contributed by atoms with van der Waals surface area (Å²) in [5, 5.41) is 0.636. The highest BCUT2D eigenvalue weighted by Crippen LogP contribution is 2.33. The molecule has 0 saturated carbocycles. The number of alkyl halides is 1. The van der Waals surface area contributed by atoms with Gasteiger partial charge in [0.15, 0.2) is 0 Å². The minimum atomic E-state index is -0.651. The van der Waals surface area contributed by atoms with Crippen molar-refractivity contribution in [2.75, 3.05) is 0 Å². The lowest BCUT2D eigenvalue weighted by molar-refractivity contribution is 0.584. The molecular weight excluding hydrogens is 392 g/mol. The lowest BCUT2D eigenvalue weighted by atomic mass is 10.0. The summed E-state index contributed by atoms with van der Waals surface area (Å²) in [6.07, 6.45) is 0.439. The third-order valence-corrected chi connectivity index (χ3v) is 4.62. The molecule has 0 fully saturated rings. The summed E-state index contributed by atoms with van der Waals surface area (Å²) < 4.78 is 27.2. The standard InChI is InChI=1S/C14H8BrCl3F2/c15-9(3-7-1-2-10(16)11(17)4-7)8-5-14(20)12(18)6-13(8)19/h1-2,4-6,9H,3H2. The van der Waals surface area contributed by atoms with Gasteiger partial charge in [-0.1, -0.05) is 56.8 Å². The summed E-state index contributed by atoms with van der Waals surface area (Å²) >= 11 is 20.6. The second kappa shape index (κ2) is 6.61. The van der Waals surface area contributed by atoms with Crippen molar-refractivity contribution in [3.05, 3.63) is 68.2 Å². The van der Waals surface area contributed by atoms with Crippen LogP contribution >= 0.6 is 50.7 Å². The molecule has 0 radical (unpaired) electrons. The van der Waals surface area contributed by atoms with E-state index in [4.69, 9.17) is 34.8 Å². The van der Waals surface area contributed by atoms with Crippen molar-refractivity contribution in [3.63, 3.8) is 0 Å². The van der Waals surface area contributed by atoms with E-state index in [0.717, 1.165) is 17.7 Å². The monoisotopic (exact) mass is 398 g/mol.